The Morgan fingerprint density at radius 3 is 2.20 bits per heavy atom. The molecule has 0 aliphatic rings. The zero-order chi connectivity index (χ0) is 4.12. The maximum atomic E-state index is 3.46. The van der Waals surface area contributed by atoms with Crippen LogP contribution in [0.1, 0.15) is 0 Å². The summed E-state index contributed by atoms with van der Waals surface area (Å²) in [5.41, 5.74) is 0. The highest BCUT2D eigenvalue weighted by molar-refractivity contribution is 6.17. The molecule has 26 valence electrons. The van der Waals surface area contributed by atoms with Crippen LogP contribution in [0.3, 0.4) is 0 Å². The van der Waals surface area contributed by atoms with Crippen molar-refractivity contribution < 1.29 is 0 Å². The SMILES string of the molecule is BC=CC=C. The van der Waals surface area contributed by atoms with Crippen LogP contribution in [0.4, 0.5) is 0 Å². The molecule has 0 rings (SSSR count). The molecule has 0 saturated carbocycles. The summed E-state index contributed by atoms with van der Waals surface area (Å²) in [7, 11) is 1.96. The van der Waals surface area contributed by atoms with Crippen LogP contribution in [0.2, 0.25) is 0 Å². The highest BCUT2D eigenvalue weighted by Gasteiger charge is 1.43. The molecule has 0 aromatic carbocycles. The van der Waals surface area contributed by atoms with E-state index < -0.39 is 0 Å². The minimum atomic E-state index is 1.75. The second kappa shape index (κ2) is 3.54. The maximum Gasteiger partial charge on any atom is 0.129 e. The summed E-state index contributed by atoms with van der Waals surface area (Å²) in [4.78, 5) is 0. The molecule has 5 heavy (non-hydrogen) atoms. The topological polar surface area (TPSA) is 0 Å². The van der Waals surface area contributed by atoms with E-state index in [0.29, 0.717) is 0 Å². The number of allylic oxidation sites excluding steroid dienone is 2. The molecule has 0 atom stereocenters. The molecule has 1 heteroatoms. The molecule has 0 heterocycles. The van der Waals surface area contributed by atoms with Crippen molar-refractivity contribution in [1.82, 2.24) is 0 Å². The van der Waals surface area contributed by atoms with Gasteiger partial charge in [-0.3, -0.25) is 0 Å². The van der Waals surface area contributed by atoms with Crippen LogP contribution in [0.5, 0.6) is 0 Å². The summed E-state index contributed by atoms with van der Waals surface area (Å²) in [6, 6.07) is 0. The van der Waals surface area contributed by atoms with E-state index in [4.69, 9.17) is 0 Å². The molecule has 0 aliphatic carbocycles. The first-order chi connectivity index (χ1) is 2.41. The zero-order valence-electron chi connectivity index (χ0n) is 3.44. The quantitative estimate of drug-likeness (QED) is 0.305. The highest BCUT2D eigenvalue weighted by Crippen LogP contribution is 1.60. The van der Waals surface area contributed by atoms with Gasteiger partial charge in [0, 0.05) is 0 Å². The van der Waals surface area contributed by atoms with Gasteiger partial charge in [-0.05, 0) is 0 Å². The van der Waals surface area contributed by atoms with E-state index >= 15 is 0 Å². The van der Waals surface area contributed by atoms with Crippen molar-refractivity contribution in [1.29, 1.82) is 0 Å². The third-order valence-corrected chi connectivity index (χ3v) is 0.329. The molecular weight excluding hydrogens is 58.9 g/mol. The van der Waals surface area contributed by atoms with Crippen LogP contribution in [0.15, 0.2) is 24.7 Å². The fraction of sp³-hybridized carbons (Fsp3) is 0. The van der Waals surface area contributed by atoms with E-state index in [0.717, 1.165) is 0 Å². The molecule has 0 nitrogen and oxygen atoms in total. The molecule has 0 saturated heterocycles. The van der Waals surface area contributed by atoms with Gasteiger partial charge in [0.1, 0.15) is 7.85 Å². The van der Waals surface area contributed by atoms with Gasteiger partial charge in [-0.15, -0.1) is 5.98 Å². The third kappa shape index (κ3) is 3.54. The Labute approximate surface area is 33.6 Å². The predicted octanol–water partition coefficient (Wildman–Crippen LogP) is 0.319. The molecule has 0 unspecified atom stereocenters. The lowest BCUT2D eigenvalue weighted by Crippen LogP contribution is -1.43. The molecule has 0 aromatic rings. The molecule has 0 amide bonds. The van der Waals surface area contributed by atoms with Crippen LogP contribution < -0.4 is 0 Å². The molecule has 0 bridgehead atoms. The second-order valence-corrected chi connectivity index (χ2v) is 0.761. The van der Waals surface area contributed by atoms with E-state index in [2.05, 4.69) is 6.58 Å². The maximum absolute atomic E-state index is 3.46. The molecule has 0 N–H and O–H groups in total. The minimum absolute atomic E-state index is 1.75. The summed E-state index contributed by atoms with van der Waals surface area (Å²) in [5, 5.41) is 0. The summed E-state index contributed by atoms with van der Waals surface area (Å²) >= 11 is 0. The standard InChI is InChI=1S/C4H7B/c1-2-3-4-5/h2-4H,1,5H2. The lowest BCUT2D eigenvalue weighted by atomic mass is 10.1. The summed E-state index contributed by atoms with van der Waals surface area (Å²) in [6.07, 6.45) is 3.64. The van der Waals surface area contributed by atoms with Gasteiger partial charge in [0.15, 0.2) is 0 Å². The monoisotopic (exact) mass is 66.1 g/mol. The Kier molecular flexibility index (Phi) is 3.22. The molecule has 0 aliphatic heterocycles. The van der Waals surface area contributed by atoms with E-state index in [1.807, 2.05) is 19.9 Å². The van der Waals surface area contributed by atoms with E-state index in [1.54, 1.807) is 6.08 Å². The Bertz CT molecular complexity index is 45.6. The molecule has 0 radical (unpaired) electrons. The Morgan fingerprint density at radius 1 is 1.60 bits per heavy atom. The van der Waals surface area contributed by atoms with Crippen LogP contribution in [-0.2, 0) is 0 Å². The first-order valence-corrected chi connectivity index (χ1v) is 1.65. The smallest absolute Gasteiger partial charge is 0.124 e. The Hall–Kier alpha value is -0.455. The average Bonchev–Trinajstić information content (AvgIpc) is 1.41. The van der Waals surface area contributed by atoms with Crippen LogP contribution in [-0.4, -0.2) is 7.85 Å². The lowest BCUT2D eigenvalue weighted by molar-refractivity contribution is 2.11. The van der Waals surface area contributed by atoms with Crippen molar-refractivity contribution in [3.63, 3.8) is 0 Å². The van der Waals surface area contributed by atoms with Crippen LogP contribution in [0, 0.1) is 0 Å². The molecule has 0 aromatic heterocycles. The van der Waals surface area contributed by atoms with Gasteiger partial charge in [-0.1, -0.05) is 18.7 Å². The largest absolute Gasteiger partial charge is 0.129 e. The third-order valence-electron chi connectivity index (χ3n) is 0.329. The molecule has 0 spiro atoms. The minimum Gasteiger partial charge on any atom is -0.124 e. The molecular formula is C4H7B. The first kappa shape index (κ1) is 4.54. The Morgan fingerprint density at radius 2 is 2.20 bits per heavy atom. The predicted molar refractivity (Wildman–Crippen MR) is 27.9 cm³/mol. The second-order valence-electron chi connectivity index (χ2n) is 0.761. The van der Waals surface area contributed by atoms with Gasteiger partial charge in [-0.25, -0.2) is 0 Å². The van der Waals surface area contributed by atoms with Crippen LogP contribution >= 0.6 is 0 Å². The van der Waals surface area contributed by atoms with Crippen molar-refractivity contribution in [3.05, 3.63) is 24.7 Å². The van der Waals surface area contributed by atoms with Crippen molar-refractivity contribution in [2.24, 2.45) is 0 Å². The molecule has 0 fully saturated rings. The highest BCUT2D eigenvalue weighted by atomic mass is 13.4. The van der Waals surface area contributed by atoms with Crippen molar-refractivity contribution >= 4 is 7.85 Å². The fourth-order valence-electron chi connectivity index (χ4n) is 0.136. The summed E-state index contributed by atoms with van der Waals surface area (Å²) < 4.78 is 0. The zero-order valence-corrected chi connectivity index (χ0v) is 3.44. The van der Waals surface area contributed by atoms with Gasteiger partial charge in [0.05, 0.1) is 0 Å². The Balaban J connectivity index is 2.92. The van der Waals surface area contributed by atoms with Gasteiger partial charge in [-0.2, -0.15) is 0 Å². The van der Waals surface area contributed by atoms with Crippen molar-refractivity contribution in [2.75, 3.05) is 0 Å². The number of hydrogen-bond donors (Lipinski definition) is 0. The first-order valence-electron chi connectivity index (χ1n) is 1.65. The van der Waals surface area contributed by atoms with Crippen LogP contribution in [0.25, 0.3) is 0 Å². The van der Waals surface area contributed by atoms with Gasteiger partial charge >= 0.3 is 0 Å². The van der Waals surface area contributed by atoms with Crippen molar-refractivity contribution in [3.8, 4) is 0 Å². The van der Waals surface area contributed by atoms with E-state index in [1.165, 1.54) is 0 Å². The summed E-state index contributed by atoms with van der Waals surface area (Å²) in [5.74, 6) is 1.94. The number of rotatable bonds is 1. The van der Waals surface area contributed by atoms with Gasteiger partial charge in [0.2, 0.25) is 0 Å². The average molecular weight is 65.9 g/mol. The van der Waals surface area contributed by atoms with Gasteiger partial charge in [0.25, 0.3) is 0 Å². The number of hydrogen-bond acceptors (Lipinski definition) is 0. The van der Waals surface area contributed by atoms with E-state index in [-0.39, 0.29) is 0 Å². The normalized spacial score (nSPS) is 8.80. The fourth-order valence-corrected chi connectivity index (χ4v) is 0.136. The lowest BCUT2D eigenvalue weighted by Gasteiger charge is -1.55. The van der Waals surface area contributed by atoms with E-state index in [9.17, 15) is 0 Å². The van der Waals surface area contributed by atoms with Crippen molar-refractivity contribution in [2.45, 2.75) is 0 Å². The summed E-state index contributed by atoms with van der Waals surface area (Å²) in [6.45, 7) is 3.46. The van der Waals surface area contributed by atoms with Gasteiger partial charge < -0.3 is 0 Å².